The SMILES string of the molecule is NC(=O)CC[C@@H]1NC(=O)[C@H](Cc2ccccc2)NC(=O)C2(Cc3ccccc3C2)NC(=O)CCSSC[C@H](C(=O)N2CCC[C@H]2C(=O)N[C@H](CCCN=C(N)N)C(=O)NCC(N)=O)NC(=O)[C@H](CC(N)=O)NC1=O. The molecule has 0 unspecified atom stereocenters. The maximum atomic E-state index is 14.6. The highest BCUT2D eigenvalue weighted by molar-refractivity contribution is 8.76. The number of carbonyl (C=O) groups is 11. The molecule has 0 radical (unpaired) electrons. The van der Waals surface area contributed by atoms with E-state index in [1.807, 2.05) is 12.1 Å². The number of amides is 11. The molecule has 0 bridgehead atoms. The van der Waals surface area contributed by atoms with Crippen LogP contribution >= 0.6 is 21.6 Å². The minimum absolute atomic E-state index is 0.0223. The number of likely N-dealkylation sites (tertiary alicyclic amines) is 1. The second kappa shape index (κ2) is 27.6. The Kier molecular flexibility index (Phi) is 21.4. The second-order valence-electron chi connectivity index (χ2n) is 18.1. The quantitative estimate of drug-likeness (QED) is 0.0310. The molecule has 27 heteroatoms. The molecule has 2 aromatic carbocycles. The zero-order chi connectivity index (χ0) is 54.0. The monoisotopic (exact) mass is 1060 g/mol. The van der Waals surface area contributed by atoms with Gasteiger partial charge in [0, 0.05) is 56.7 Å². The van der Waals surface area contributed by atoms with Crippen LogP contribution in [-0.2, 0) is 72.0 Å². The largest absolute Gasteiger partial charge is 0.370 e. The van der Waals surface area contributed by atoms with Crippen molar-refractivity contribution < 1.29 is 52.7 Å². The van der Waals surface area contributed by atoms with Gasteiger partial charge in [-0.3, -0.25) is 57.7 Å². The van der Waals surface area contributed by atoms with Crippen molar-refractivity contribution in [2.24, 2.45) is 33.7 Å². The molecule has 2 fully saturated rings. The Hall–Kier alpha value is -7.42. The number of hydrogen-bond acceptors (Lipinski definition) is 14. The van der Waals surface area contributed by atoms with Crippen LogP contribution in [0.2, 0.25) is 0 Å². The number of guanidine groups is 1. The molecule has 2 heterocycles. The van der Waals surface area contributed by atoms with Crippen molar-refractivity contribution >= 4 is 92.5 Å². The summed E-state index contributed by atoms with van der Waals surface area (Å²) in [6, 6.07) is 7.44. The summed E-state index contributed by atoms with van der Waals surface area (Å²) in [7, 11) is 2.26. The Morgan fingerprint density at radius 1 is 0.770 bits per heavy atom. The first-order valence-corrected chi connectivity index (χ1v) is 26.4. The van der Waals surface area contributed by atoms with Crippen molar-refractivity contribution in [1.82, 2.24) is 42.1 Å². The smallest absolute Gasteiger partial charge is 0.247 e. The lowest BCUT2D eigenvalue weighted by Gasteiger charge is -2.32. The Morgan fingerprint density at radius 3 is 2.07 bits per heavy atom. The van der Waals surface area contributed by atoms with Crippen LogP contribution in [0.25, 0.3) is 0 Å². The van der Waals surface area contributed by atoms with Gasteiger partial charge < -0.3 is 70.8 Å². The fourth-order valence-electron chi connectivity index (χ4n) is 8.71. The van der Waals surface area contributed by atoms with E-state index in [0.717, 1.165) is 21.9 Å². The standard InChI is InChI=1S/C47H64N14O11S2/c48-35(62)15-14-30-40(67)57-32(21-36(49)63)42(69)58-33(44(71)61-18-7-13-34(61)43(70)56-29(12-6-17-53-46(51)52)39(66)54-24-37(50)64)25-74-73-19-16-38(65)60-47(22-27-10-4-5-11-28(27)23-47)45(72)59-31(41(68)55-30)20-26-8-2-1-3-9-26/h1-5,8-11,29-34H,6-7,12-25H2,(H2,48,62)(H2,49,63)(H2,50,64)(H,54,66)(H,55,68)(H,56,70)(H,57,67)(H,58,69)(H,59,72)(H,60,65)(H4,51,52,53)/t29-,30+,31+,32+,33-,34+/m1/s1. The Morgan fingerprint density at radius 2 is 1.42 bits per heavy atom. The van der Waals surface area contributed by atoms with Crippen molar-refractivity contribution in [1.29, 1.82) is 0 Å². The van der Waals surface area contributed by atoms with E-state index in [0.29, 0.717) is 12.0 Å². The lowest BCUT2D eigenvalue weighted by atomic mass is 9.92. The number of hydrogen-bond donors (Lipinski definition) is 12. The lowest BCUT2D eigenvalue weighted by Crippen LogP contribution is -2.64. The van der Waals surface area contributed by atoms with E-state index in [-0.39, 0.29) is 75.5 Å². The van der Waals surface area contributed by atoms with Gasteiger partial charge in [0.25, 0.3) is 0 Å². The summed E-state index contributed by atoms with van der Waals surface area (Å²) >= 11 is 0. The van der Waals surface area contributed by atoms with Gasteiger partial charge in [-0.2, -0.15) is 0 Å². The minimum atomic E-state index is -1.75. The molecule has 2 aromatic rings. The number of nitrogens with zero attached hydrogens (tertiary/aromatic N) is 2. The minimum Gasteiger partial charge on any atom is -0.370 e. The molecule has 0 aromatic heterocycles. The van der Waals surface area contributed by atoms with Crippen molar-refractivity contribution in [2.45, 2.75) is 112 Å². The molecule has 5 rings (SSSR count). The van der Waals surface area contributed by atoms with E-state index < -0.39 is 133 Å². The third-order valence-corrected chi connectivity index (χ3v) is 14.8. The predicted molar refractivity (Wildman–Crippen MR) is 273 cm³/mol. The van der Waals surface area contributed by atoms with Gasteiger partial charge in [-0.1, -0.05) is 76.2 Å². The van der Waals surface area contributed by atoms with Crippen LogP contribution in [0.5, 0.6) is 0 Å². The Balaban J connectivity index is 1.46. The Bertz CT molecular complexity index is 2440. The van der Waals surface area contributed by atoms with Crippen molar-refractivity contribution in [3.8, 4) is 0 Å². The van der Waals surface area contributed by atoms with E-state index in [1.165, 1.54) is 15.7 Å². The third kappa shape index (κ3) is 17.1. The van der Waals surface area contributed by atoms with E-state index in [1.54, 1.807) is 42.5 Å². The molecule has 17 N–H and O–H groups in total. The summed E-state index contributed by atoms with van der Waals surface area (Å²) < 4.78 is 0. The highest BCUT2D eigenvalue weighted by Crippen LogP contribution is 2.32. The predicted octanol–water partition coefficient (Wildman–Crippen LogP) is -4.12. The average molecular weight is 1070 g/mol. The van der Waals surface area contributed by atoms with Gasteiger partial charge in [0.05, 0.1) is 13.0 Å². The van der Waals surface area contributed by atoms with Gasteiger partial charge in [-0.05, 0) is 48.8 Å². The van der Waals surface area contributed by atoms with Crippen molar-refractivity contribution in [3.63, 3.8) is 0 Å². The molecule has 1 aliphatic carbocycles. The maximum absolute atomic E-state index is 14.6. The molecule has 1 spiro atoms. The molecular formula is C47H64N14O11S2. The van der Waals surface area contributed by atoms with Crippen LogP contribution in [0.15, 0.2) is 59.6 Å². The van der Waals surface area contributed by atoms with Crippen LogP contribution in [0, 0.1) is 0 Å². The van der Waals surface area contributed by atoms with Gasteiger partial charge in [0.2, 0.25) is 65.0 Å². The van der Waals surface area contributed by atoms with Crippen molar-refractivity contribution in [2.75, 3.05) is 31.1 Å². The van der Waals surface area contributed by atoms with Gasteiger partial charge in [-0.25, -0.2) is 0 Å². The summed E-state index contributed by atoms with van der Waals surface area (Å²) in [5.41, 5.74) is 27.8. The summed E-state index contributed by atoms with van der Waals surface area (Å²) in [6.45, 7) is -0.372. The van der Waals surface area contributed by atoms with E-state index in [2.05, 4.69) is 42.2 Å². The van der Waals surface area contributed by atoms with E-state index in [4.69, 9.17) is 28.7 Å². The first kappa shape index (κ1) is 57.5. The molecule has 6 atom stereocenters. The normalized spacial score (nSPS) is 22.0. The molecule has 0 saturated carbocycles. The van der Waals surface area contributed by atoms with Crippen LogP contribution in [0.3, 0.4) is 0 Å². The number of nitrogens with two attached hydrogens (primary N) is 5. The number of fused-ring (bicyclic) bond motifs is 1. The molecule has 25 nitrogen and oxygen atoms in total. The number of aliphatic imine (C=N–C) groups is 1. The summed E-state index contributed by atoms with van der Waals surface area (Å²) in [5.74, 6) is -9.29. The first-order chi connectivity index (χ1) is 35.2. The number of nitrogens with one attached hydrogen (secondary N) is 7. The average Bonchev–Trinajstić information content (AvgIpc) is 4.00. The van der Waals surface area contributed by atoms with Crippen LogP contribution in [0.4, 0.5) is 0 Å². The van der Waals surface area contributed by atoms with Gasteiger partial charge in [-0.15, -0.1) is 0 Å². The van der Waals surface area contributed by atoms with E-state index >= 15 is 0 Å². The number of rotatable bonds is 17. The maximum Gasteiger partial charge on any atom is 0.247 e. The van der Waals surface area contributed by atoms with E-state index in [9.17, 15) is 52.7 Å². The number of carbonyl (C=O) groups excluding carboxylic acids is 11. The topological polar surface area (TPSA) is 418 Å². The van der Waals surface area contributed by atoms with Crippen molar-refractivity contribution in [3.05, 3.63) is 71.3 Å². The molecule has 74 heavy (non-hydrogen) atoms. The molecule has 2 saturated heterocycles. The highest BCUT2D eigenvalue weighted by atomic mass is 33.1. The van der Waals surface area contributed by atoms with Crippen LogP contribution < -0.4 is 65.9 Å². The highest BCUT2D eigenvalue weighted by Gasteiger charge is 2.47. The second-order valence-corrected chi connectivity index (χ2v) is 20.7. The summed E-state index contributed by atoms with van der Waals surface area (Å²) in [6.07, 6.45) is -0.886. The zero-order valence-corrected chi connectivity index (χ0v) is 42.2. The van der Waals surface area contributed by atoms with Gasteiger partial charge in [0.15, 0.2) is 5.96 Å². The third-order valence-electron chi connectivity index (χ3n) is 12.4. The first-order valence-electron chi connectivity index (χ1n) is 23.9. The molecule has 11 amide bonds. The molecule has 2 aliphatic heterocycles. The Labute approximate surface area is 434 Å². The van der Waals surface area contributed by atoms with Crippen LogP contribution in [-0.4, -0.2) is 149 Å². The molecule has 3 aliphatic rings. The summed E-state index contributed by atoms with van der Waals surface area (Å²) in [5, 5.41) is 18.4. The zero-order valence-electron chi connectivity index (χ0n) is 40.6. The number of primary amides is 3. The molecule has 400 valence electrons. The fourth-order valence-corrected chi connectivity index (χ4v) is 10.9. The summed E-state index contributed by atoms with van der Waals surface area (Å²) in [4.78, 5) is 154. The fraction of sp³-hybridized carbons (Fsp3) is 0.489. The molecular weight excluding hydrogens is 1000 g/mol. The lowest BCUT2D eigenvalue weighted by molar-refractivity contribution is -0.142. The number of benzene rings is 2. The van der Waals surface area contributed by atoms with Crippen LogP contribution in [0.1, 0.15) is 68.1 Å². The van der Waals surface area contributed by atoms with Gasteiger partial charge in [0.1, 0.15) is 41.8 Å². The van der Waals surface area contributed by atoms with Gasteiger partial charge >= 0.3 is 0 Å².